The minimum absolute atomic E-state index is 0.0884. The average Bonchev–Trinajstić information content (AvgIpc) is 2.77. The molecular weight excluding hydrogens is 416 g/mol. The Morgan fingerprint density at radius 3 is 1.78 bits per heavy atom. The lowest BCUT2D eigenvalue weighted by atomic mass is 10.1. The summed E-state index contributed by atoms with van der Waals surface area (Å²) in [5.74, 6) is -2.19. The smallest absolute Gasteiger partial charge is 0.338 e. The van der Waals surface area contributed by atoms with Crippen LogP contribution in [0.25, 0.3) is 0 Å². The molecular formula is C23H24N2O7. The van der Waals surface area contributed by atoms with E-state index in [-0.39, 0.29) is 25.2 Å². The molecule has 2 aromatic rings. The third-order valence-corrected chi connectivity index (χ3v) is 4.18. The highest BCUT2D eigenvalue weighted by Crippen LogP contribution is 2.12. The summed E-state index contributed by atoms with van der Waals surface area (Å²) < 4.78 is 9.75. The number of ether oxygens (including phenoxy) is 2. The molecule has 32 heavy (non-hydrogen) atoms. The van der Waals surface area contributed by atoms with Crippen molar-refractivity contribution in [1.29, 1.82) is 0 Å². The van der Waals surface area contributed by atoms with Crippen LogP contribution < -0.4 is 10.6 Å². The Morgan fingerprint density at radius 1 is 0.719 bits per heavy atom. The van der Waals surface area contributed by atoms with E-state index in [4.69, 9.17) is 9.47 Å². The first-order valence-corrected chi connectivity index (χ1v) is 9.92. The Labute approximate surface area is 185 Å². The maximum atomic E-state index is 12.0. The molecule has 0 aliphatic carbocycles. The van der Waals surface area contributed by atoms with Crippen LogP contribution in [0.1, 0.15) is 47.4 Å². The van der Waals surface area contributed by atoms with Crippen LogP contribution in [-0.2, 0) is 23.9 Å². The number of esters is 2. The predicted octanol–water partition coefficient (Wildman–Crippen LogP) is 2.97. The fourth-order valence-corrected chi connectivity index (χ4v) is 2.55. The Morgan fingerprint density at radius 2 is 1.25 bits per heavy atom. The van der Waals surface area contributed by atoms with Gasteiger partial charge < -0.3 is 20.1 Å². The van der Waals surface area contributed by atoms with Crippen LogP contribution in [0.15, 0.2) is 48.5 Å². The van der Waals surface area contributed by atoms with E-state index in [1.165, 1.54) is 19.1 Å². The molecule has 168 valence electrons. The molecule has 0 radical (unpaired) electrons. The lowest BCUT2D eigenvalue weighted by Gasteiger charge is -2.08. The SMILES string of the molecule is CCOC(=O)c1ccc(NC(=O)CCC(=O)OCC(=O)Nc2ccc(C(C)=O)cc2)cc1. The van der Waals surface area contributed by atoms with E-state index >= 15 is 0 Å². The van der Waals surface area contributed by atoms with Gasteiger partial charge in [0.05, 0.1) is 18.6 Å². The number of rotatable bonds is 10. The Kier molecular flexibility index (Phi) is 9.09. The third-order valence-electron chi connectivity index (χ3n) is 4.18. The molecule has 0 spiro atoms. The lowest BCUT2D eigenvalue weighted by Crippen LogP contribution is -2.21. The number of carbonyl (C=O) groups excluding carboxylic acids is 5. The monoisotopic (exact) mass is 440 g/mol. The van der Waals surface area contributed by atoms with Gasteiger partial charge in [0, 0.05) is 23.4 Å². The number of Topliss-reactive ketones (excluding diaryl/α,β-unsaturated/α-hetero) is 1. The fraction of sp³-hybridized carbons (Fsp3) is 0.261. The highest BCUT2D eigenvalue weighted by Gasteiger charge is 2.12. The topological polar surface area (TPSA) is 128 Å². The van der Waals surface area contributed by atoms with Gasteiger partial charge >= 0.3 is 11.9 Å². The first-order valence-electron chi connectivity index (χ1n) is 9.92. The maximum Gasteiger partial charge on any atom is 0.338 e. The van der Waals surface area contributed by atoms with Crippen LogP contribution in [0.5, 0.6) is 0 Å². The van der Waals surface area contributed by atoms with E-state index in [1.54, 1.807) is 43.3 Å². The van der Waals surface area contributed by atoms with Gasteiger partial charge in [0.2, 0.25) is 5.91 Å². The van der Waals surface area contributed by atoms with Gasteiger partial charge in [-0.1, -0.05) is 0 Å². The van der Waals surface area contributed by atoms with Crippen molar-refractivity contribution in [1.82, 2.24) is 0 Å². The number of ketones is 1. The van der Waals surface area contributed by atoms with E-state index in [0.717, 1.165) is 0 Å². The van der Waals surface area contributed by atoms with E-state index in [2.05, 4.69) is 10.6 Å². The second kappa shape index (κ2) is 12.0. The van der Waals surface area contributed by atoms with Crippen LogP contribution in [0, 0.1) is 0 Å². The van der Waals surface area contributed by atoms with Crippen molar-refractivity contribution >= 4 is 40.9 Å². The Bertz CT molecular complexity index is 982. The summed E-state index contributed by atoms with van der Waals surface area (Å²) in [5.41, 5.74) is 1.81. The zero-order valence-corrected chi connectivity index (χ0v) is 17.8. The van der Waals surface area contributed by atoms with Gasteiger partial charge in [-0.25, -0.2) is 4.79 Å². The molecule has 2 aromatic carbocycles. The highest BCUT2D eigenvalue weighted by molar-refractivity contribution is 5.97. The second-order valence-corrected chi connectivity index (χ2v) is 6.69. The molecule has 0 aromatic heterocycles. The molecule has 0 aliphatic heterocycles. The van der Waals surface area contributed by atoms with E-state index in [9.17, 15) is 24.0 Å². The first kappa shape index (κ1) is 24.3. The molecule has 2 amide bonds. The van der Waals surface area contributed by atoms with Crippen molar-refractivity contribution in [3.8, 4) is 0 Å². The van der Waals surface area contributed by atoms with Gasteiger partial charge in [-0.2, -0.15) is 0 Å². The van der Waals surface area contributed by atoms with Crippen molar-refractivity contribution in [3.63, 3.8) is 0 Å². The number of benzene rings is 2. The lowest BCUT2D eigenvalue weighted by molar-refractivity contribution is -0.147. The largest absolute Gasteiger partial charge is 0.462 e. The number of hydrogen-bond acceptors (Lipinski definition) is 7. The summed E-state index contributed by atoms with van der Waals surface area (Å²) in [6.07, 6.45) is -0.333. The molecule has 0 bridgehead atoms. The summed E-state index contributed by atoms with van der Waals surface area (Å²) in [6, 6.07) is 12.4. The number of hydrogen-bond donors (Lipinski definition) is 2. The average molecular weight is 440 g/mol. The van der Waals surface area contributed by atoms with E-state index < -0.39 is 30.4 Å². The molecule has 2 N–H and O–H groups in total. The molecule has 0 heterocycles. The number of nitrogens with one attached hydrogen (secondary N) is 2. The molecule has 0 fully saturated rings. The van der Waals surface area contributed by atoms with Crippen LogP contribution >= 0.6 is 0 Å². The fourth-order valence-electron chi connectivity index (χ4n) is 2.55. The van der Waals surface area contributed by atoms with Gasteiger partial charge in [-0.05, 0) is 62.4 Å². The van der Waals surface area contributed by atoms with Crippen molar-refractivity contribution in [2.75, 3.05) is 23.8 Å². The van der Waals surface area contributed by atoms with Crippen LogP contribution in [0.2, 0.25) is 0 Å². The number of anilines is 2. The quantitative estimate of drug-likeness (QED) is 0.429. The minimum atomic E-state index is -0.695. The van der Waals surface area contributed by atoms with Gasteiger partial charge in [-0.3, -0.25) is 19.2 Å². The number of carbonyl (C=O) groups is 5. The van der Waals surface area contributed by atoms with Crippen LogP contribution in [0.4, 0.5) is 11.4 Å². The zero-order valence-electron chi connectivity index (χ0n) is 17.8. The van der Waals surface area contributed by atoms with Gasteiger partial charge in [0.25, 0.3) is 5.91 Å². The number of amides is 2. The molecule has 0 aliphatic rings. The molecule has 2 rings (SSSR count). The van der Waals surface area contributed by atoms with E-state index in [0.29, 0.717) is 22.5 Å². The third kappa shape index (κ3) is 8.02. The second-order valence-electron chi connectivity index (χ2n) is 6.69. The summed E-state index contributed by atoms with van der Waals surface area (Å²) in [7, 11) is 0. The standard InChI is InChI=1S/C23H24N2O7/c1-3-31-23(30)17-6-10-18(11-7-17)24-20(27)12-13-22(29)32-14-21(28)25-19-8-4-16(5-9-19)15(2)26/h4-11H,3,12-14H2,1-2H3,(H,24,27)(H,25,28). The minimum Gasteiger partial charge on any atom is -0.462 e. The molecule has 0 unspecified atom stereocenters. The first-order chi connectivity index (χ1) is 15.3. The molecule has 9 heteroatoms. The Hall–Kier alpha value is -4.01. The van der Waals surface area contributed by atoms with Gasteiger partial charge in [0.1, 0.15) is 0 Å². The highest BCUT2D eigenvalue weighted by atomic mass is 16.5. The summed E-state index contributed by atoms with van der Waals surface area (Å²) in [5, 5.41) is 5.14. The molecule has 0 atom stereocenters. The molecule has 0 saturated carbocycles. The van der Waals surface area contributed by atoms with Crippen molar-refractivity contribution in [3.05, 3.63) is 59.7 Å². The molecule has 0 saturated heterocycles. The summed E-state index contributed by atoms with van der Waals surface area (Å²) >= 11 is 0. The van der Waals surface area contributed by atoms with Gasteiger partial charge in [0.15, 0.2) is 12.4 Å². The Balaban J connectivity index is 1.69. The summed E-state index contributed by atoms with van der Waals surface area (Å²) in [4.78, 5) is 58.5. The van der Waals surface area contributed by atoms with Crippen LogP contribution in [-0.4, -0.2) is 42.7 Å². The predicted molar refractivity (Wildman–Crippen MR) is 116 cm³/mol. The van der Waals surface area contributed by atoms with Crippen molar-refractivity contribution in [2.45, 2.75) is 26.7 Å². The maximum absolute atomic E-state index is 12.0. The van der Waals surface area contributed by atoms with E-state index in [1.807, 2.05) is 0 Å². The normalized spacial score (nSPS) is 10.1. The molecule has 9 nitrogen and oxygen atoms in total. The van der Waals surface area contributed by atoms with Crippen molar-refractivity contribution < 1.29 is 33.4 Å². The van der Waals surface area contributed by atoms with Gasteiger partial charge in [-0.15, -0.1) is 0 Å². The summed E-state index contributed by atoms with van der Waals surface area (Å²) in [6.45, 7) is 2.92. The zero-order chi connectivity index (χ0) is 23.5. The van der Waals surface area contributed by atoms with Crippen molar-refractivity contribution in [2.24, 2.45) is 0 Å². The van der Waals surface area contributed by atoms with Crippen LogP contribution in [0.3, 0.4) is 0 Å².